The Labute approximate surface area is 161 Å². The van der Waals surface area contributed by atoms with Crippen LogP contribution in [-0.2, 0) is 11.3 Å². The van der Waals surface area contributed by atoms with Gasteiger partial charge in [0.2, 0.25) is 5.91 Å². The molecule has 3 heterocycles. The third kappa shape index (κ3) is 3.95. The van der Waals surface area contributed by atoms with Crippen LogP contribution in [0.5, 0.6) is 0 Å². The summed E-state index contributed by atoms with van der Waals surface area (Å²) in [6.45, 7) is 6.83. The van der Waals surface area contributed by atoms with Gasteiger partial charge in [-0.05, 0) is 55.8 Å². The first-order valence-electron chi connectivity index (χ1n) is 10.3. The van der Waals surface area contributed by atoms with Crippen LogP contribution < -0.4 is 10.6 Å². The maximum Gasteiger partial charge on any atom is 0.254 e. The van der Waals surface area contributed by atoms with Crippen molar-refractivity contribution in [3.05, 3.63) is 29.3 Å². The molecule has 1 aromatic carbocycles. The highest BCUT2D eigenvalue weighted by molar-refractivity contribution is 5.99. The van der Waals surface area contributed by atoms with Gasteiger partial charge in [-0.25, -0.2) is 0 Å². The van der Waals surface area contributed by atoms with Crippen LogP contribution in [0.25, 0.3) is 0 Å². The third-order valence-electron chi connectivity index (χ3n) is 6.11. The van der Waals surface area contributed by atoms with E-state index in [4.69, 9.17) is 0 Å². The summed E-state index contributed by atoms with van der Waals surface area (Å²) >= 11 is 0. The van der Waals surface area contributed by atoms with Gasteiger partial charge in [0.15, 0.2) is 0 Å². The summed E-state index contributed by atoms with van der Waals surface area (Å²) in [5, 5.41) is 6.62. The van der Waals surface area contributed by atoms with E-state index in [9.17, 15) is 9.59 Å². The third-order valence-corrected chi connectivity index (χ3v) is 6.11. The summed E-state index contributed by atoms with van der Waals surface area (Å²) in [4.78, 5) is 29.3. The Kier molecular flexibility index (Phi) is 5.34. The normalized spacial score (nSPS) is 25.4. The molecule has 3 aliphatic heterocycles. The number of likely N-dealkylation sites (tertiary alicyclic amines) is 1. The van der Waals surface area contributed by atoms with E-state index in [-0.39, 0.29) is 24.4 Å². The number of carbonyl (C=O) groups excluding carboxylic acids is 2. The zero-order chi connectivity index (χ0) is 18.8. The number of piperidine rings is 2. The predicted molar refractivity (Wildman–Crippen MR) is 106 cm³/mol. The molecule has 0 saturated carbocycles. The van der Waals surface area contributed by atoms with Crippen LogP contribution in [0.2, 0.25) is 0 Å². The van der Waals surface area contributed by atoms with E-state index in [1.54, 1.807) is 0 Å². The van der Waals surface area contributed by atoms with Crippen molar-refractivity contribution in [2.45, 2.75) is 45.2 Å². The van der Waals surface area contributed by atoms with Crippen LogP contribution in [0.15, 0.2) is 18.2 Å². The first-order chi connectivity index (χ1) is 13.1. The van der Waals surface area contributed by atoms with Gasteiger partial charge < -0.3 is 20.4 Å². The van der Waals surface area contributed by atoms with E-state index in [1.165, 1.54) is 6.42 Å². The number of nitrogens with zero attached hydrogens (tertiary/aromatic N) is 2. The Hall–Kier alpha value is -2.08. The summed E-state index contributed by atoms with van der Waals surface area (Å²) in [5.41, 5.74) is 2.72. The number of rotatable bonds is 4. The van der Waals surface area contributed by atoms with Crippen molar-refractivity contribution in [1.82, 2.24) is 15.1 Å². The second-order valence-corrected chi connectivity index (χ2v) is 8.25. The van der Waals surface area contributed by atoms with E-state index in [0.29, 0.717) is 12.5 Å². The molecule has 0 aliphatic carbocycles. The number of hydrogen-bond acceptors (Lipinski definition) is 4. The molecule has 146 valence electrons. The second-order valence-electron chi connectivity index (χ2n) is 8.25. The molecule has 2 amide bonds. The maximum absolute atomic E-state index is 12.9. The standard InChI is InChI=1S/C21H30N4O2/c1-15-4-3-9-24(13-15)20(26)12-23-17-7-6-16-14-25(21(27)19(16)10-17)18-5-2-8-22-11-18/h6-7,10,15,18,22-23H,2-5,8-9,11-14H2,1H3. The quantitative estimate of drug-likeness (QED) is 0.852. The molecule has 0 spiro atoms. The highest BCUT2D eigenvalue weighted by Gasteiger charge is 2.33. The first-order valence-corrected chi connectivity index (χ1v) is 10.3. The van der Waals surface area contributed by atoms with Crippen molar-refractivity contribution in [2.24, 2.45) is 5.92 Å². The SMILES string of the molecule is CC1CCCN(C(=O)CNc2ccc3c(c2)C(=O)N(C2CCCNC2)C3)C1. The van der Waals surface area contributed by atoms with Gasteiger partial charge >= 0.3 is 0 Å². The number of benzene rings is 1. The first kappa shape index (κ1) is 18.3. The van der Waals surface area contributed by atoms with Gasteiger partial charge in [0.1, 0.15) is 0 Å². The van der Waals surface area contributed by atoms with E-state index >= 15 is 0 Å². The number of anilines is 1. The van der Waals surface area contributed by atoms with Crippen molar-refractivity contribution in [3.8, 4) is 0 Å². The lowest BCUT2D eigenvalue weighted by molar-refractivity contribution is -0.130. The van der Waals surface area contributed by atoms with Crippen molar-refractivity contribution in [3.63, 3.8) is 0 Å². The Morgan fingerprint density at radius 1 is 1.30 bits per heavy atom. The van der Waals surface area contributed by atoms with Crippen LogP contribution in [0.3, 0.4) is 0 Å². The van der Waals surface area contributed by atoms with E-state index < -0.39 is 0 Å². The minimum absolute atomic E-state index is 0.124. The fraction of sp³-hybridized carbons (Fsp3) is 0.619. The van der Waals surface area contributed by atoms with E-state index in [1.807, 2.05) is 28.0 Å². The molecule has 2 fully saturated rings. The summed E-state index contributed by atoms with van der Waals surface area (Å²) in [5.74, 6) is 0.849. The maximum atomic E-state index is 12.9. The highest BCUT2D eigenvalue weighted by atomic mass is 16.2. The van der Waals surface area contributed by atoms with Crippen molar-refractivity contribution in [2.75, 3.05) is 38.0 Å². The zero-order valence-corrected chi connectivity index (χ0v) is 16.2. The van der Waals surface area contributed by atoms with Crippen molar-refractivity contribution < 1.29 is 9.59 Å². The molecule has 1 aromatic rings. The predicted octanol–water partition coefficient (Wildman–Crippen LogP) is 2.06. The molecule has 0 aromatic heterocycles. The van der Waals surface area contributed by atoms with E-state index in [0.717, 1.165) is 62.3 Å². The fourth-order valence-corrected chi connectivity index (χ4v) is 4.53. The molecule has 4 rings (SSSR count). The second kappa shape index (κ2) is 7.89. The van der Waals surface area contributed by atoms with Gasteiger partial charge in [0, 0.05) is 43.5 Å². The van der Waals surface area contributed by atoms with Crippen LogP contribution >= 0.6 is 0 Å². The van der Waals surface area contributed by atoms with Gasteiger partial charge in [-0.2, -0.15) is 0 Å². The van der Waals surface area contributed by atoms with Gasteiger partial charge in [-0.1, -0.05) is 13.0 Å². The summed E-state index contributed by atoms with van der Waals surface area (Å²) < 4.78 is 0. The van der Waals surface area contributed by atoms with Crippen LogP contribution in [-0.4, -0.2) is 60.4 Å². The Morgan fingerprint density at radius 3 is 2.96 bits per heavy atom. The lowest BCUT2D eigenvalue weighted by Gasteiger charge is -2.31. The van der Waals surface area contributed by atoms with Gasteiger partial charge in [0.25, 0.3) is 5.91 Å². The number of amides is 2. The van der Waals surface area contributed by atoms with Gasteiger partial charge in [-0.3, -0.25) is 9.59 Å². The van der Waals surface area contributed by atoms with Crippen LogP contribution in [0.1, 0.15) is 48.5 Å². The van der Waals surface area contributed by atoms with Gasteiger partial charge in [-0.15, -0.1) is 0 Å². The number of fused-ring (bicyclic) bond motifs is 1. The molecule has 0 radical (unpaired) electrons. The Bertz CT molecular complexity index is 714. The molecule has 2 unspecified atom stereocenters. The summed E-state index contributed by atoms with van der Waals surface area (Å²) in [6.07, 6.45) is 4.48. The monoisotopic (exact) mass is 370 g/mol. The average Bonchev–Trinajstić information content (AvgIpc) is 3.03. The number of nitrogens with one attached hydrogen (secondary N) is 2. The minimum Gasteiger partial charge on any atom is -0.376 e. The average molecular weight is 370 g/mol. The molecule has 2 atom stereocenters. The lowest BCUT2D eigenvalue weighted by Crippen LogP contribution is -2.46. The molecular weight excluding hydrogens is 340 g/mol. The van der Waals surface area contributed by atoms with Crippen LogP contribution in [0, 0.1) is 5.92 Å². The molecule has 2 saturated heterocycles. The molecule has 2 N–H and O–H groups in total. The lowest BCUT2D eigenvalue weighted by atomic mass is 10.0. The Morgan fingerprint density at radius 2 is 2.19 bits per heavy atom. The Balaban J connectivity index is 1.37. The fourth-order valence-electron chi connectivity index (χ4n) is 4.53. The topological polar surface area (TPSA) is 64.7 Å². The largest absolute Gasteiger partial charge is 0.376 e. The van der Waals surface area contributed by atoms with Gasteiger partial charge in [0.05, 0.1) is 6.54 Å². The highest BCUT2D eigenvalue weighted by Crippen LogP contribution is 2.29. The number of hydrogen-bond donors (Lipinski definition) is 2. The van der Waals surface area contributed by atoms with Crippen molar-refractivity contribution in [1.29, 1.82) is 0 Å². The van der Waals surface area contributed by atoms with Crippen molar-refractivity contribution >= 4 is 17.5 Å². The summed E-state index contributed by atoms with van der Waals surface area (Å²) in [7, 11) is 0. The molecular formula is C21H30N4O2. The van der Waals surface area contributed by atoms with Crippen LogP contribution in [0.4, 0.5) is 5.69 Å². The molecule has 3 aliphatic rings. The molecule has 6 nitrogen and oxygen atoms in total. The molecule has 6 heteroatoms. The van der Waals surface area contributed by atoms with E-state index in [2.05, 4.69) is 17.6 Å². The minimum atomic E-state index is 0.124. The molecule has 27 heavy (non-hydrogen) atoms. The smallest absolute Gasteiger partial charge is 0.254 e. The summed E-state index contributed by atoms with van der Waals surface area (Å²) in [6, 6.07) is 6.22. The molecule has 0 bridgehead atoms. The zero-order valence-electron chi connectivity index (χ0n) is 16.2. The number of carbonyl (C=O) groups is 2.